The molecule has 0 spiro atoms. The molecular weight excluding hydrogens is 198 g/mol. The van der Waals surface area contributed by atoms with Crippen LogP contribution in [0.2, 0.25) is 0 Å². The fraction of sp³-hybridized carbons (Fsp3) is 0.571. The average Bonchev–Trinajstić information content (AvgIpc) is 2.63. The molecule has 0 amide bonds. The third-order valence-corrected chi connectivity index (χ3v) is 3.58. The van der Waals surface area contributed by atoms with Crippen molar-refractivity contribution < 1.29 is 4.74 Å². The van der Waals surface area contributed by atoms with Gasteiger partial charge in [0.25, 0.3) is 0 Å². The van der Waals surface area contributed by atoms with Crippen LogP contribution < -0.4 is 5.73 Å². The maximum Gasteiger partial charge on any atom is 0.0462 e. The molecular formula is C14H21NO. The minimum Gasteiger partial charge on any atom is -0.385 e. The van der Waals surface area contributed by atoms with Gasteiger partial charge in [0.15, 0.2) is 0 Å². The van der Waals surface area contributed by atoms with E-state index in [1.165, 1.54) is 24.0 Å². The quantitative estimate of drug-likeness (QED) is 0.773. The van der Waals surface area contributed by atoms with Gasteiger partial charge < -0.3 is 10.5 Å². The molecule has 2 atom stereocenters. The lowest BCUT2D eigenvalue weighted by Gasteiger charge is -2.15. The molecule has 2 unspecified atom stereocenters. The lowest BCUT2D eigenvalue weighted by Crippen LogP contribution is -2.16. The molecule has 0 saturated heterocycles. The Morgan fingerprint density at radius 3 is 2.88 bits per heavy atom. The summed E-state index contributed by atoms with van der Waals surface area (Å²) >= 11 is 0. The Morgan fingerprint density at radius 1 is 1.31 bits per heavy atom. The Balaban J connectivity index is 1.87. The van der Waals surface area contributed by atoms with E-state index in [-0.39, 0.29) is 6.04 Å². The number of unbranched alkanes of at least 4 members (excludes halogenated alkanes) is 1. The molecule has 0 bridgehead atoms. The summed E-state index contributed by atoms with van der Waals surface area (Å²) in [6.45, 7) is 0.870. The van der Waals surface area contributed by atoms with E-state index in [0.717, 1.165) is 19.4 Å². The van der Waals surface area contributed by atoms with Crippen molar-refractivity contribution in [2.45, 2.75) is 31.7 Å². The number of hydrogen-bond acceptors (Lipinski definition) is 2. The van der Waals surface area contributed by atoms with Crippen molar-refractivity contribution in [3.05, 3.63) is 35.4 Å². The van der Waals surface area contributed by atoms with Gasteiger partial charge in [-0.1, -0.05) is 30.7 Å². The highest BCUT2D eigenvalue weighted by molar-refractivity contribution is 5.35. The first kappa shape index (κ1) is 11.6. The number of ether oxygens (including phenoxy) is 1. The van der Waals surface area contributed by atoms with Crippen LogP contribution in [0.5, 0.6) is 0 Å². The van der Waals surface area contributed by atoms with Crippen LogP contribution in [0.1, 0.15) is 36.4 Å². The van der Waals surface area contributed by atoms with Crippen molar-refractivity contribution >= 4 is 0 Å². The minimum absolute atomic E-state index is 0.249. The van der Waals surface area contributed by atoms with Crippen LogP contribution >= 0.6 is 0 Å². The molecule has 16 heavy (non-hydrogen) atoms. The highest BCUT2D eigenvalue weighted by atomic mass is 16.5. The molecule has 88 valence electrons. The van der Waals surface area contributed by atoms with Crippen LogP contribution in [0.15, 0.2) is 24.3 Å². The SMILES string of the molecule is COCCCCC1Cc2ccccc2C1N. The normalized spacial score (nSPS) is 23.4. The topological polar surface area (TPSA) is 35.2 Å². The molecule has 1 aliphatic carbocycles. The van der Waals surface area contributed by atoms with Crippen LogP contribution in [0.3, 0.4) is 0 Å². The lowest BCUT2D eigenvalue weighted by molar-refractivity contribution is 0.189. The predicted octanol–water partition coefficient (Wildman–Crippen LogP) is 2.68. The zero-order valence-corrected chi connectivity index (χ0v) is 9.99. The van der Waals surface area contributed by atoms with Gasteiger partial charge in [-0.25, -0.2) is 0 Å². The molecule has 2 nitrogen and oxygen atoms in total. The molecule has 1 aromatic rings. The Morgan fingerprint density at radius 2 is 2.12 bits per heavy atom. The largest absolute Gasteiger partial charge is 0.385 e. The van der Waals surface area contributed by atoms with Crippen molar-refractivity contribution in [3.8, 4) is 0 Å². The number of nitrogens with two attached hydrogens (primary N) is 1. The molecule has 0 radical (unpaired) electrons. The molecule has 1 aromatic carbocycles. The third kappa shape index (κ3) is 2.45. The monoisotopic (exact) mass is 219 g/mol. The van der Waals surface area contributed by atoms with Gasteiger partial charge in [0.05, 0.1) is 0 Å². The van der Waals surface area contributed by atoms with Gasteiger partial charge in [0.2, 0.25) is 0 Å². The van der Waals surface area contributed by atoms with E-state index < -0.39 is 0 Å². The van der Waals surface area contributed by atoms with Gasteiger partial charge >= 0.3 is 0 Å². The molecule has 0 heterocycles. The van der Waals surface area contributed by atoms with Gasteiger partial charge in [-0.2, -0.15) is 0 Å². The summed E-state index contributed by atoms with van der Waals surface area (Å²) in [7, 11) is 1.76. The summed E-state index contributed by atoms with van der Waals surface area (Å²) in [5.74, 6) is 0.634. The van der Waals surface area contributed by atoms with E-state index in [0.29, 0.717) is 5.92 Å². The zero-order chi connectivity index (χ0) is 11.4. The van der Waals surface area contributed by atoms with Crippen LogP contribution in [0.4, 0.5) is 0 Å². The molecule has 2 N–H and O–H groups in total. The molecule has 0 aromatic heterocycles. The third-order valence-electron chi connectivity index (χ3n) is 3.58. The van der Waals surface area contributed by atoms with Crippen molar-refractivity contribution in [1.82, 2.24) is 0 Å². The fourth-order valence-electron chi connectivity index (χ4n) is 2.64. The van der Waals surface area contributed by atoms with E-state index in [1.807, 2.05) is 0 Å². The minimum atomic E-state index is 0.249. The zero-order valence-electron chi connectivity index (χ0n) is 9.99. The summed E-state index contributed by atoms with van der Waals surface area (Å²) in [5, 5.41) is 0. The van der Waals surface area contributed by atoms with E-state index in [9.17, 15) is 0 Å². The molecule has 0 saturated carbocycles. The van der Waals surface area contributed by atoms with Gasteiger partial charge in [0.1, 0.15) is 0 Å². The average molecular weight is 219 g/mol. The summed E-state index contributed by atoms with van der Waals surface area (Å²) in [6.07, 6.45) is 4.75. The standard InChI is InChI=1S/C14H21NO/c1-16-9-5-4-7-12-10-11-6-2-3-8-13(11)14(12)15/h2-3,6,8,12,14H,4-5,7,9-10,15H2,1H3. The number of rotatable bonds is 5. The number of methoxy groups -OCH3 is 1. The van der Waals surface area contributed by atoms with Gasteiger partial charge in [-0.15, -0.1) is 0 Å². The number of fused-ring (bicyclic) bond motifs is 1. The Bertz CT molecular complexity index is 337. The summed E-state index contributed by atoms with van der Waals surface area (Å²) in [5.41, 5.74) is 9.09. The van der Waals surface area contributed by atoms with Crippen molar-refractivity contribution in [1.29, 1.82) is 0 Å². The fourth-order valence-corrected chi connectivity index (χ4v) is 2.64. The van der Waals surface area contributed by atoms with Crippen molar-refractivity contribution in [2.24, 2.45) is 11.7 Å². The van der Waals surface area contributed by atoms with E-state index in [1.54, 1.807) is 7.11 Å². The van der Waals surface area contributed by atoms with Crippen LogP contribution in [-0.4, -0.2) is 13.7 Å². The molecule has 0 fully saturated rings. The van der Waals surface area contributed by atoms with Gasteiger partial charge in [0, 0.05) is 19.8 Å². The Kier molecular flexibility index (Phi) is 3.97. The van der Waals surface area contributed by atoms with E-state index in [2.05, 4.69) is 24.3 Å². The summed E-state index contributed by atoms with van der Waals surface area (Å²) < 4.78 is 5.06. The van der Waals surface area contributed by atoms with Gasteiger partial charge in [-0.05, 0) is 36.3 Å². The second-order valence-electron chi connectivity index (χ2n) is 4.68. The van der Waals surface area contributed by atoms with Crippen LogP contribution in [0.25, 0.3) is 0 Å². The second-order valence-corrected chi connectivity index (χ2v) is 4.68. The smallest absolute Gasteiger partial charge is 0.0462 e. The Hall–Kier alpha value is -0.860. The predicted molar refractivity (Wildman–Crippen MR) is 66.3 cm³/mol. The highest BCUT2D eigenvalue weighted by Gasteiger charge is 2.28. The summed E-state index contributed by atoms with van der Waals surface area (Å²) in [6, 6.07) is 8.84. The maximum atomic E-state index is 6.27. The first-order chi connectivity index (χ1) is 7.83. The van der Waals surface area contributed by atoms with E-state index >= 15 is 0 Å². The van der Waals surface area contributed by atoms with Crippen LogP contribution in [-0.2, 0) is 11.2 Å². The Labute approximate surface area is 97.8 Å². The molecule has 1 aliphatic rings. The number of hydrogen-bond donors (Lipinski definition) is 1. The first-order valence-electron chi connectivity index (χ1n) is 6.15. The molecule has 2 rings (SSSR count). The highest BCUT2D eigenvalue weighted by Crippen LogP contribution is 2.36. The van der Waals surface area contributed by atoms with Crippen molar-refractivity contribution in [2.75, 3.05) is 13.7 Å². The first-order valence-corrected chi connectivity index (χ1v) is 6.15. The number of benzene rings is 1. The lowest BCUT2D eigenvalue weighted by atomic mass is 9.95. The molecule has 0 aliphatic heterocycles. The van der Waals surface area contributed by atoms with Crippen molar-refractivity contribution in [3.63, 3.8) is 0 Å². The van der Waals surface area contributed by atoms with Gasteiger partial charge in [-0.3, -0.25) is 0 Å². The maximum absolute atomic E-state index is 6.27. The molecule has 2 heteroatoms. The second kappa shape index (κ2) is 5.46. The summed E-state index contributed by atoms with van der Waals surface area (Å²) in [4.78, 5) is 0. The van der Waals surface area contributed by atoms with Crippen LogP contribution in [0, 0.1) is 5.92 Å². The van der Waals surface area contributed by atoms with E-state index in [4.69, 9.17) is 10.5 Å².